The second kappa shape index (κ2) is 8.96. The van der Waals surface area contributed by atoms with E-state index in [0.717, 1.165) is 12.0 Å². The summed E-state index contributed by atoms with van der Waals surface area (Å²) >= 11 is 0. The molecule has 0 aliphatic rings. The summed E-state index contributed by atoms with van der Waals surface area (Å²) in [4.78, 5) is 23.4. The highest BCUT2D eigenvalue weighted by molar-refractivity contribution is 5.78. The number of hydrogen-bond acceptors (Lipinski definition) is 3. The Balaban J connectivity index is 2.69. The minimum atomic E-state index is -0.510. The van der Waals surface area contributed by atoms with Crippen LogP contribution in [0.25, 0.3) is 0 Å². The SMILES string of the molecule is CCCNC(=O)C[C@@H](NC(=O)OCC)c1ccccc1. The largest absolute Gasteiger partial charge is 0.450 e. The zero-order valence-corrected chi connectivity index (χ0v) is 12.0. The van der Waals surface area contributed by atoms with Gasteiger partial charge in [0.1, 0.15) is 0 Å². The lowest BCUT2D eigenvalue weighted by molar-refractivity contribution is -0.121. The van der Waals surface area contributed by atoms with Crippen LogP contribution < -0.4 is 10.6 Å². The molecule has 20 heavy (non-hydrogen) atoms. The molecule has 0 saturated carbocycles. The molecule has 2 N–H and O–H groups in total. The topological polar surface area (TPSA) is 67.4 Å². The molecular weight excluding hydrogens is 256 g/mol. The first-order chi connectivity index (χ1) is 9.67. The zero-order valence-electron chi connectivity index (χ0n) is 12.0. The van der Waals surface area contributed by atoms with Crippen LogP contribution >= 0.6 is 0 Å². The smallest absolute Gasteiger partial charge is 0.407 e. The van der Waals surface area contributed by atoms with Crippen LogP contribution in [0.3, 0.4) is 0 Å². The van der Waals surface area contributed by atoms with Gasteiger partial charge >= 0.3 is 6.09 Å². The van der Waals surface area contributed by atoms with Crippen molar-refractivity contribution in [1.29, 1.82) is 0 Å². The third kappa shape index (κ3) is 5.73. The Morgan fingerprint density at radius 1 is 1.20 bits per heavy atom. The molecule has 0 aliphatic carbocycles. The predicted octanol–water partition coefficient (Wildman–Crippen LogP) is 2.39. The minimum Gasteiger partial charge on any atom is -0.450 e. The number of carbonyl (C=O) groups is 2. The summed E-state index contributed by atoms with van der Waals surface area (Å²) in [7, 11) is 0. The van der Waals surface area contributed by atoms with Crippen molar-refractivity contribution in [3.8, 4) is 0 Å². The molecule has 1 aromatic carbocycles. The summed E-state index contributed by atoms with van der Waals surface area (Å²) in [5, 5.41) is 5.53. The van der Waals surface area contributed by atoms with Crippen LogP contribution in [0.15, 0.2) is 30.3 Å². The fourth-order valence-electron chi connectivity index (χ4n) is 1.77. The van der Waals surface area contributed by atoms with Crippen LogP contribution in [0.5, 0.6) is 0 Å². The summed E-state index contributed by atoms with van der Waals surface area (Å²) < 4.78 is 4.87. The molecule has 1 atom stereocenters. The summed E-state index contributed by atoms with van der Waals surface area (Å²) in [5.41, 5.74) is 0.882. The van der Waals surface area contributed by atoms with Crippen LogP contribution in [0, 0.1) is 0 Å². The fourth-order valence-corrected chi connectivity index (χ4v) is 1.77. The summed E-state index contributed by atoms with van der Waals surface area (Å²) in [5.74, 6) is -0.0856. The van der Waals surface area contributed by atoms with E-state index in [1.807, 2.05) is 37.3 Å². The van der Waals surface area contributed by atoms with Crippen molar-refractivity contribution in [2.45, 2.75) is 32.7 Å². The third-order valence-electron chi connectivity index (χ3n) is 2.73. The molecule has 0 saturated heterocycles. The lowest BCUT2D eigenvalue weighted by atomic mass is 10.0. The molecule has 0 aliphatic heterocycles. The lowest BCUT2D eigenvalue weighted by Crippen LogP contribution is -2.34. The standard InChI is InChI=1S/C15H22N2O3/c1-3-10-16-14(18)11-13(17-15(19)20-4-2)12-8-6-5-7-9-12/h5-9,13H,3-4,10-11H2,1-2H3,(H,16,18)(H,17,19)/t13-/m1/s1. The van der Waals surface area contributed by atoms with Gasteiger partial charge in [-0.05, 0) is 18.9 Å². The van der Waals surface area contributed by atoms with E-state index < -0.39 is 6.09 Å². The van der Waals surface area contributed by atoms with Gasteiger partial charge in [0.05, 0.1) is 19.1 Å². The number of alkyl carbamates (subject to hydrolysis) is 1. The Morgan fingerprint density at radius 3 is 2.50 bits per heavy atom. The molecule has 1 aromatic rings. The molecule has 0 heterocycles. The van der Waals surface area contributed by atoms with Crippen LogP contribution in [0.4, 0.5) is 4.79 Å². The first-order valence-electron chi connectivity index (χ1n) is 6.92. The number of ether oxygens (including phenoxy) is 1. The normalized spacial score (nSPS) is 11.5. The Labute approximate surface area is 119 Å². The molecule has 1 rings (SSSR count). The quantitative estimate of drug-likeness (QED) is 0.804. The minimum absolute atomic E-state index is 0.0856. The predicted molar refractivity (Wildman–Crippen MR) is 77.3 cm³/mol. The van der Waals surface area contributed by atoms with E-state index in [1.165, 1.54) is 0 Å². The Morgan fingerprint density at radius 2 is 1.90 bits per heavy atom. The number of hydrogen-bond donors (Lipinski definition) is 2. The summed E-state index contributed by atoms with van der Waals surface area (Å²) in [6, 6.07) is 9.01. The van der Waals surface area contributed by atoms with Crippen molar-refractivity contribution < 1.29 is 14.3 Å². The monoisotopic (exact) mass is 278 g/mol. The van der Waals surface area contributed by atoms with E-state index in [1.54, 1.807) is 6.92 Å². The van der Waals surface area contributed by atoms with E-state index in [4.69, 9.17) is 4.74 Å². The van der Waals surface area contributed by atoms with Gasteiger partial charge in [-0.1, -0.05) is 37.3 Å². The van der Waals surface area contributed by atoms with Crippen LogP contribution in [-0.2, 0) is 9.53 Å². The van der Waals surface area contributed by atoms with Crippen molar-refractivity contribution in [3.63, 3.8) is 0 Å². The van der Waals surface area contributed by atoms with E-state index in [-0.39, 0.29) is 18.4 Å². The summed E-state index contributed by atoms with van der Waals surface area (Å²) in [6.07, 6.45) is 0.570. The van der Waals surface area contributed by atoms with E-state index in [2.05, 4.69) is 10.6 Å². The average Bonchev–Trinajstić information content (AvgIpc) is 2.45. The van der Waals surface area contributed by atoms with Gasteiger partial charge in [0.25, 0.3) is 0 Å². The van der Waals surface area contributed by atoms with Gasteiger partial charge in [0.2, 0.25) is 5.91 Å². The zero-order chi connectivity index (χ0) is 14.8. The van der Waals surface area contributed by atoms with Gasteiger partial charge < -0.3 is 15.4 Å². The van der Waals surface area contributed by atoms with Gasteiger partial charge in [0.15, 0.2) is 0 Å². The van der Waals surface area contributed by atoms with Crippen LogP contribution in [0.1, 0.15) is 38.3 Å². The molecule has 0 spiro atoms. The molecule has 5 heteroatoms. The first kappa shape index (κ1) is 16.0. The Kier molecular flexibility index (Phi) is 7.17. The van der Waals surface area contributed by atoms with E-state index >= 15 is 0 Å². The average molecular weight is 278 g/mol. The Bertz CT molecular complexity index is 420. The molecule has 0 bridgehead atoms. The first-order valence-corrected chi connectivity index (χ1v) is 6.92. The Hall–Kier alpha value is -2.04. The van der Waals surface area contributed by atoms with Gasteiger partial charge in [-0.3, -0.25) is 4.79 Å². The van der Waals surface area contributed by atoms with Crippen molar-refractivity contribution in [2.24, 2.45) is 0 Å². The maximum atomic E-state index is 11.8. The van der Waals surface area contributed by atoms with Crippen LogP contribution in [-0.4, -0.2) is 25.2 Å². The molecule has 110 valence electrons. The molecular formula is C15H22N2O3. The number of rotatable bonds is 7. The van der Waals surface area contributed by atoms with Crippen molar-refractivity contribution in [2.75, 3.05) is 13.2 Å². The second-order valence-corrected chi connectivity index (χ2v) is 4.38. The van der Waals surface area contributed by atoms with Gasteiger partial charge in [-0.15, -0.1) is 0 Å². The fraction of sp³-hybridized carbons (Fsp3) is 0.467. The van der Waals surface area contributed by atoms with Gasteiger partial charge in [-0.2, -0.15) is 0 Å². The maximum Gasteiger partial charge on any atom is 0.407 e. The summed E-state index contributed by atoms with van der Waals surface area (Å²) in [6.45, 7) is 4.67. The number of carbonyl (C=O) groups excluding carboxylic acids is 2. The van der Waals surface area contributed by atoms with Crippen molar-refractivity contribution in [1.82, 2.24) is 10.6 Å². The molecule has 0 aromatic heterocycles. The molecule has 2 amide bonds. The molecule has 5 nitrogen and oxygen atoms in total. The highest BCUT2D eigenvalue weighted by atomic mass is 16.5. The third-order valence-corrected chi connectivity index (χ3v) is 2.73. The lowest BCUT2D eigenvalue weighted by Gasteiger charge is -2.18. The van der Waals surface area contributed by atoms with Crippen LogP contribution in [0.2, 0.25) is 0 Å². The highest BCUT2D eigenvalue weighted by Crippen LogP contribution is 2.16. The van der Waals surface area contributed by atoms with E-state index in [9.17, 15) is 9.59 Å². The van der Waals surface area contributed by atoms with E-state index in [0.29, 0.717) is 13.2 Å². The number of nitrogens with one attached hydrogen (secondary N) is 2. The van der Waals surface area contributed by atoms with Crippen molar-refractivity contribution in [3.05, 3.63) is 35.9 Å². The molecule has 0 fully saturated rings. The van der Waals surface area contributed by atoms with Crippen molar-refractivity contribution >= 4 is 12.0 Å². The highest BCUT2D eigenvalue weighted by Gasteiger charge is 2.18. The molecule has 0 unspecified atom stereocenters. The van der Waals surface area contributed by atoms with Gasteiger partial charge in [-0.25, -0.2) is 4.79 Å². The van der Waals surface area contributed by atoms with Gasteiger partial charge in [0, 0.05) is 6.54 Å². The number of amides is 2. The molecule has 0 radical (unpaired) electrons. The maximum absolute atomic E-state index is 11.8. The number of benzene rings is 1. The second-order valence-electron chi connectivity index (χ2n) is 4.38.